The Morgan fingerprint density at radius 1 is 0.962 bits per heavy atom. The first kappa shape index (κ1) is 19.5. The molecule has 0 bridgehead atoms. The third kappa shape index (κ3) is 6.24. The minimum absolute atomic E-state index is 0.0646. The molecular formula is C21H25NO4. The molecule has 1 amide bonds. The maximum atomic E-state index is 12.0. The number of benzene rings is 2. The summed E-state index contributed by atoms with van der Waals surface area (Å²) in [7, 11) is 0. The van der Waals surface area contributed by atoms with Crippen molar-refractivity contribution in [2.75, 3.05) is 13.2 Å². The van der Waals surface area contributed by atoms with Crippen LogP contribution in [0.2, 0.25) is 0 Å². The van der Waals surface area contributed by atoms with E-state index in [4.69, 9.17) is 9.47 Å². The van der Waals surface area contributed by atoms with E-state index in [0.717, 1.165) is 5.56 Å². The van der Waals surface area contributed by atoms with Crippen LogP contribution in [-0.4, -0.2) is 31.1 Å². The SMILES string of the molecule is CC(C)Oc1ccc(C(=O)OCC(=O)NC[C@H](C)c2ccccc2)cc1. The molecule has 0 spiro atoms. The molecule has 1 atom stereocenters. The quantitative estimate of drug-likeness (QED) is 0.736. The second kappa shape index (κ2) is 9.61. The van der Waals surface area contributed by atoms with Gasteiger partial charge in [-0.2, -0.15) is 0 Å². The average molecular weight is 355 g/mol. The summed E-state index contributed by atoms with van der Waals surface area (Å²) in [6, 6.07) is 16.6. The van der Waals surface area contributed by atoms with Crippen LogP contribution < -0.4 is 10.1 Å². The summed E-state index contributed by atoms with van der Waals surface area (Å²) in [4.78, 5) is 23.9. The normalized spacial score (nSPS) is 11.7. The van der Waals surface area contributed by atoms with E-state index in [1.807, 2.05) is 51.1 Å². The Balaban J connectivity index is 1.75. The Labute approximate surface area is 154 Å². The number of hydrogen-bond acceptors (Lipinski definition) is 4. The Kier molecular flexibility index (Phi) is 7.21. The van der Waals surface area contributed by atoms with Gasteiger partial charge in [0.15, 0.2) is 6.61 Å². The molecule has 0 unspecified atom stereocenters. The molecular weight excluding hydrogens is 330 g/mol. The van der Waals surface area contributed by atoms with E-state index < -0.39 is 5.97 Å². The molecule has 0 aliphatic heterocycles. The van der Waals surface area contributed by atoms with Crippen LogP contribution in [0.3, 0.4) is 0 Å². The summed E-state index contributed by atoms with van der Waals surface area (Å²) < 4.78 is 10.6. The molecule has 2 aromatic rings. The van der Waals surface area contributed by atoms with Crippen molar-refractivity contribution >= 4 is 11.9 Å². The molecule has 0 aromatic heterocycles. The highest BCUT2D eigenvalue weighted by atomic mass is 16.5. The van der Waals surface area contributed by atoms with Crippen LogP contribution in [-0.2, 0) is 9.53 Å². The van der Waals surface area contributed by atoms with Crippen molar-refractivity contribution in [3.05, 3.63) is 65.7 Å². The van der Waals surface area contributed by atoms with Crippen molar-refractivity contribution in [1.29, 1.82) is 0 Å². The number of carbonyl (C=O) groups is 2. The van der Waals surface area contributed by atoms with Gasteiger partial charge in [-0.05, 0) is 49.6 Å². The van der Waals surface area contributed by atoms with Crippen LogP contribution in [0.5, 0.6) is 5.75 Å². The van der Waals surface area contributed by atoms with Gasteiger partial charge in [-0.25, -0.2) is 4.79 Å². The van der Waals surface area contributed by atoms with Gasteiger partial charge in [-0.3, -0.25) is 4.79 Å². The number of rotatable bonds is 8. The predicted molar refractivity (Wildman–Crippen MR) is 100 cm³/mol. The maximum absolute atomic E-state index is 12.0. The van der Waals surface area contributed by atoms with Crippen molar-refractivity contribution in [1.82, 2.24) is 5.32 Å². The van der Waals surface area contributed by atoms with E-state index in [9.17, 15) is 9.59 Å². The molecule has 1 N–H and O–H groups in total. The predicted octanol–water partition coefficient (Wildman–Crippen LogP) is 3.55. The van der Waals surface area contributed by atoms with Crippen molar-refractivity contribution in [3.8, 4) is 5.75 Å². The van der Waals surface area contributed by atoms with Gasteiger partial charge in [-0.15, -0.1) is 0 Å². The zero-order chi connectivity index (χ0) is 18.9. The molecule has 0 aliphatic carbocycles. The lowest BCUT2D eigenvalue weighted by Crippen LogP contribution is -2.31. The third-order valence-electron chi connectivity index (χ3n) is 3.77. The minimum Gasteiger partial charge on any atom is -0.491 e. The van der Waals surface area contributed by atoms with E-state index >= 15 is 0 Å². The topological polar surface area (TPSA) is 64.6 Å². The number of ether oxygens (including phenoxy) is 2. The molecule has 2 aromatic carbocycles. The van der Waals surface area contributed by atoms with E-state index in [0.29, 0.717) is 17.9 Å². The summed E-state index contributed by atoms with van der Waals surface area (Å²) in [5.41, 5.74) is 1.53. The van der Waals surface area contributed by atoms with Gasteiger partial charge >= 0.3 is 5.97 Å². The van der Waals surface area contributed by atoms with Gasteiger partial charge < -0.3 is 14.8 Å². The largest absolute Gasteiger partial charge is 0.491 e. The summed E-state index contributed by atoms with van der Waals surface area (Å²) in [6.45, 7) is 6.08. The summed E-state index contributed by atoms with van der Waals surface area (Å²) in [5.74, 6) is 0.0155. The number of nitrogens with one attached hydrogen (secondary N) is 1. The summed E-state index contributed by atoms with van der Waals surface area (Å²) in [5, 5.41) is 2.78. The van der Waals surface area contributed by atoms with Gasteiger partial charge in [0.2, 0.25) is 0 Å². The average Bonchev–Trinajstić information content (AvgIpc) is 2.65. The Bertz CT molecular complexity index is 711. The van der Waals surface area contributed by atoms with Crippen molar-refractivity contribution in [2.45, 2.75) is 32.8 Å². The Morgan fingerprint density at radius 3 is 2.23 bits per heavy atom. The molecule has 5 heteroatoms. The van der Waals surface area contributed by atoms with Gasteiger partial charge in [0.05, 0.1) is 11.7 Å². The van der Waals surface area contributed by atoms with Crippen LogP contribution in [0.1, 0.15) is 42.6 Å². The Morgan fingerprint density at radius 2 is 1.62 bits per heavy atom. The first-order valence-electron chi connectivity index (χ1n) is 8.71. The number of hydrogen-bond donors (Lipinski definition) is 1. The fourth-order valence-electron chi connectivity index (χ4n) is 2.37. The fraction of sp³-hybridized carbons (Fsp3) is 0.333. The molecule has 2 rings (SSSR count). The van der Waals surface area contributed by atoms with Gasteiger partial charge in [0, 0.05) is 6.54 Å². The smallest absolute Gasteiger partial charge is 0.338 e. The second-order valence-electron chi connectivity index (χ2n) is 6.38. The highest BCUT2D eigenvalue weighted by Gasteiger charge is 2.12. The van der Waals surface area contributed by atoms with E-state index in [1.54, 1.807) is 24.3 Å². The molecule has 138 valence electrons. The lowest BCUT2D eigenvalue weighted by atomic mass is 10.0. The van der Waals surface area contributed by atoms with Crippen LogP contribution in [0.25, 0.3) is 0 Å². The highest BCUT2D eigenvalue weighted by molar-refractivity contribution is 5.91. The lowest BCUT2D eigenvalue weighted by Gasteiger charge is -2.13. The van der Waals surface area contributed by atoms with Crippen molar-refractivity contribution < 1.29 is 19.1 Å². The first-order valence-corrected chi connectivity index (χ1v) is 8.71. The molecule has 0 aliphatic rings. The van der Waals surface area contributed by atoms with E-state index in [1.165, 1.54) is 0 Å². The Hall–Kier alpha value is -2.82. The molecule has 0 heterocycles. The number of amides is 1. The van der Waals surface area contributed by atoms with Crippen LogP contribution in [0, 0.1) is 0 Å². The van der Waals surface area contributed by atoms with E-state index in [2.05, 4.69) is 5.32 Å². The molecule has 0 saturated heterocycles. The van der Waals surface area contributed by atoms with Crippen molar-refractivity contribution in [3.63, 3.8) is 0 Å². The van der Waals surface area contributed by atoms with Gasteiger partial charge in [0.1, 0.15) is 5.75 Å². The first-order chi connectivity index (χ1) is 12.5. The molecule has 0 radical (unpaired) electrons. The standard InChI is InChI=1S/C21H25NO4/c1-15(2)26-19-11-9-18(10-12-19)21(24)25-14-20(23)22-13-16(3)17-7-5-4-6-8-17/h4-12,15-16H,13-14H2,1-3H3,(H,22,23)/t16-/m0/s1. The van der Waals surface area contributed by atoms with Gasteiger partial charge in [0.25, 0.3) is 5.91 Å². The van der Waals surface area contributed by atoms with Gasteiger partial charge in [-0.1, -0.05) is 37.3 Å². The molecule has 26 heavy (non-hydrogen) atoms. The highest BCUT2D eigenvalue weighted by Crippen LogP contribution is 2.15. The lowest BCUT2D eigenvalue weighted by molar-refractivity contribution is -0.124. The summed E-state index contributed by atoms with van der Waals surface area (Å²) in [6.07, 6.45) is 0.0646. The van der Waals surface area contributed by atoms with Crippen molar-refractivity contribution in [2.24, 2.45) is 0 Å². The van der Waals surface area contributed by atoms with E-state index in [-0.39, 0.29) is 24.5 Å². The van der Waals surface area contributed by atoms with Crippen LogP contribution in [0.15, 0.2) is 54.6 Å². The van der Waals surface area contributed by atoms with Crippen LogP contribution >= 0.6 is 0 Å². The number of carbonyl (C=O) groups excluding carboxylic acids is 2. The molecule has 5 nitrogen and oxygen atoms in total. The molecule has 0 fully saturated rings. The second-order valence-corrected chi connectivity index (χ2v) is 6.38. The maximum Gasteiger partial charge on any atom is 0.338 e. The minimum atomic E-state index is -0.535. The monoisotopic (exact) mass is 355 g/mol. The third-order valence-corrected chi connectivity index (χ3v) is 3.77. The fourth-order valence-corrected chi connectivity index (χ4v) is 2.37. The summed E-state index contributed by atoms with van der Waals surface area (Å²) >= 11 is 0. The zero-order valence-corrected chi connectivity index (χ0v) is 15.4. The van der Waals surface area contributed by atoms with Crippen LogP contribution in [0.4, 0.5) is 0 Å². The number of esters is 1. The zero-order valence-electron chi connectivity index (χ0n) is 15.4. The molecule has 0 saturated carbocycles.